The van der Waals surface area contributed by atoms with Gasteiger partial charge in [-0.25, -0.2) is 9.97 Å². The molecule has 5 heteroatoms. The van der Waals surface area contributed by atoms with E-state index in [0.717, 1.165) is 11.4 Å². The maximum absolute atomic E-state index is 10.5. The lowest BCUT2D eigenvalue weighted by Crippen LogP contribution is -2.30. The van der Waals surface area contributed by atoms with Gasteiger partial charge in [0.05, 0.1) is 5.56 Å². The molecular formula is C11H15N3OS. The zero-order chi connectivity index (χ0) is 11.4. The number of hydrogen-bond donors (Lipinski definition) is 1. The molecule has 16 heavy (non-hydrogen) atoms. The third-order valence-electron chi connectivity index (χ3n) is 2.86. The third kappa shape index (κ3) is 2.59. The summed E-state index contributed by atoms with van der Waals surface area (Å²) in [6.45, 7) is 0. The lowest BCUT2D eigenvalue weighted by Gasteiger charge is -2.17. The Morgan fingerprint density at radius 2 is 2.19 bits per heavy atom. The Morgan fingerprint density at radius 3 is 2.81 bits per heavy atom. The third-order valence-corrected chi connectivity index (χ3v) is 4.15. The van der Waals surface area contributed by atoms with Crippen molar-refractivity contribution in [1.82, 2.24) is 15.3 Å². The van der Waals surface area contributed by atoms with Gasteiger partial charge in [0, 0.05) is 23.7 Å². The van der Waals surface area contributed by atoms with Gasteiger partial charge in [-0.2, -0.15) is 0 Å². The predicted octanol–water partition coefficient (Wildman–Crippen LogP) is 1.52. The van der Waals surface area contributed by atoms with Crippen molar-refractivity contribution in [2.75, 3.05) is 7.05 Å². The van der Waals surface area contributed by atoms with Crippen LogP contribution in [0.5, 0.6) is 0 Å². The Bertz CT molecular complexity index is 355. The lowest BCUT2D eigenvalue weighted by atomic mass is 10.2. The van der Waals surface area contributed by atoms with Gasteiger partial charge in [-0.05, 0) is 19.9 Å². The first-order valence-corrected chi connectivity index (χ1v) is 6.32. The standard InChI is InChI=1S/C11H15N3OS/c1-12-9-3-2-4-10(9)16-11-13-5-8(7-15)6-14-11/h5-7,9-10,12H,2-4H2,1H3. The topological polar surface area (TPSA) is 54.9 Å². The minimum absolute atomic E-state index is 0.529. The fraction of sp³-hybridized carbons (Fsp3) is 0.545. The molecule has 1 aliphatic rings. The summed E-state index contributed by atoms with van der Waals surface area (Å²) in [5, 5.41) is 4.63. The molecule has 86 valence electrons. The van der Waals surface area contributed by atoms with Gasteiger partial charge in [0.2, 0.25) is 0 Å². The molecule has 1 heterocycles. The number of carbonyl (C=O) groups excluding carboxylic acids is 1. The van der Waals surface area contributed by atoms with Crippen LogP contribution in [0.1, 0.15) is 29.6 Å². The summed E-state index contributed by atoms with van der Waals surface area (Å²) in [5.41, 5.74) is 0.529. The van der Waals surface area contributed by atoms with Crippen LogP contribution in [0, 0.1) is 0 Å². The van der Waals surface area contributed by atoms with Gasteiger partial charge in [-0.3, -0.25) is 4.79 Å². The van der Waals surface area contributed by atoms with Crippen molar-refractivity contribution in [3.63, 3.8) is 0 Å². The van der Waals surface area contributed by atoms with Gasteiger partial charge in [-0.15, -0.1) is 0 Å². The van der Waals surface area contributed by atoms with Crippen molar-refractivity contribution >= 4 is 18.0 Å². The first-order valence-electron chi connectivity index (χ1n) is 5.44. The van der Waals surface area contributed by atoms with Gasteiger partial charge in [0.25, 0.3) is 0 Å². The van der Waals surface area contributed by atoms with Gasteiger partial charge in [-0.1, -0.05) is 18.2 Å². The van der Waals surface area contributed by atoms with Crippen molar-refractivity contribution in [2.45, 2.75) is 35.7 Å². The second kappa shape index (κ2) is 5.41. The first-order chi connectivity index (χ1) is 7.83. The molecule has 0 aromatic carbocycles. The molecule has 1 N–H and O–H groups in total. The van der Waals surface area contributed by atoms with E-state index in [2.05, 4.69) is 15.3 Å². The van der Waals surface area contributed by atoms with Crippen molar-refractivity contribution in [1.29, 1.82) is 0 Å². The molecule has 4 nitrogen and oxygen atoms in total. The maximum Gasteiger partial charge on any atom is 0.187 e. The highest BCUT2D eigenvalue weighted by Gasteiger charge is 2.27. The quantitative estimate of drug-likeness (QED) is 0.635. The van der Waals surface area contributed by atoms with E-state index >= 15 is 0 Å². The highest BCUT2D eigenvalue weighted by Crippen LogP contribution is 2.32. The molecule has 0 aliphatic heterocycles. The summed E-state index contributed by atoms with van der Waals surface area (Å²) in [6.07, 6.45) is 7.60. The maximum atomic E-state index is 10.5. The van der Waals surface area contributed by atoms with Crippen LogP contribution in [-0.2, 0) is 0 Å². The highest BCUT2D eigenvalue weighted by molar-refractivity contribution is 7.99. The number of nitrogens with one attached hydrogen (secondary N) is 1. The normalized spacial score (nSPS) is 24.6. The fourth-order valence-corrected chi connectivity index (χ4v) is 3.20. The second-order valence-electron chi connectivity index (χ2n) is 3.90. The van der Waals surface area contributed by atoms with E-state index in [9.17, 15) is 4.79 Å². The number of aromatic nitrogens is 2. The average molecular weight is 237 g/mol. The smallest absolute Gasteiger partial charge is 0.187 e. The fourth-order valence-electron chi connectivity index (χ4n) is 1.98. The number of nitrogens with zero attached hydrogens (tertiary/aromatic N) is 2. The van der Waals surface area contributed by atoms with E-state index in [1.165, 1.54) is 19.3 Å². The molecule has 0 amide bonds. The number of aldehydes is 1. The summed E-state index contributed by atoms with van der Waals surface area (Å²) < 4.78 is 0. The summed E-state index contributed by atoms with van der Waals surface area (Å²) in [5.74, 6) is 0. The minimum atomic E-state index is 0.529. The lowest BCUT2D eigenvalue weighted by molar-refractivity contribution is 0.112. The van der Waals surface area contributed by atoms with Crippen molar-refractivity contribution < 1.29 is 4.79 Å². The second-order valence-corrected chi connectivity index (χ2v) is 5.11. The predicted molar refractivity (Wildman–Crippen MR) is 63.8 cm³/mol. The van der Waals surface area contributed by atoms with Crippen molar-refractivity contribution in [3.8, 4) is 0 Å². The number of hydrogen-bond acceptors (Lipinski definition) is 5. The van der Waals surface area contributed by atoms with Gasteiger partial charge in [0.15, 0.2) is 11.4 Å². The van der Waals surface area contributed by atoms with E-state index in [0.29, 0.717) is 16.9 Å². The van der Waals surface area contributed by atoms with E-state index in [1.54, 1.807) is 24.2 Å². The van der Waals surface area contributed by atoms with E-state index < -0.39 is 0 Å². The van der Waals surface area contributed by atoms with Crippen LogP contribution in [-0.4, -0.2) is 34.6 Å². The van der Waals surface area contributed by atoms with Crippen LogP contribution in [0.3, 0.4) is 0 Å². The van der Waals surface area contributed by atoms with Crippen LogP contribution < -0.4 is 5.32 Å². The van der Waals surface area contributed by atoms with Crippen LogP contribution >= 0.6 is 11.8 Å². The highest BCUT2D eigenvalue weighted by atomic mass is 32.2. The van der Waals surface area contributed by atoms with Gasteiger partial charge in [0.1, 0.15) is 0 Å². The van der Waals surface area contributed by atoms with Crippen LogP contribution in [0.4, 0.5) is 0 Å². The molecule has 1 aromatic heterocycles. The van der Waals surface area contributed by atoms with Crippen molar-refractivity contribution in [3.05, 3.63) is 18.0 Å². The van der Waals surface area contributed by atoms with Crippen LogP contribution in [0.25, 0.3) is 0 Å². The molecular weight excluding hydrogens is 222 g/mol. The Hall–Kier alpha value is -0.940. The molecule has 1 aliphatic carbocycles. The number of carbonyl (C=O) groups is 1. The number of thioether (sulfide) groups is 1. The molecule has 0 spiro atoms. The molecule has 2 atom stereocenters. The SMILES string of the molecule is CNC1CCCC1Sc1ncc(C=O)cn1. The van der Waals surface area contributed by atoms with Gasteiger partial charge < -0.3 is 5.32 Å². The molecule has 1 saturated carbocycles. The van der Waals surface area contributed by atoms with E-state index in [-0.39, 0.29) is 0 Å². The van der Waals surface area contributed by atoms with E-state index in [1.807, 2.05) is 7.05 Å². The average Bonchev–Trinajstić information content (AvgIpc) is 2.77. The van der Waals surface area contributed by atoms with Gasteiger partial charge >= 0.3 is 0 Å². The Balaban J connectivity index is 2.00. The largest absolute Gasteiger partial charge is 0.316 e. The molecule has 0 saturated heterocycles. The van der Waals surface area contributed by atoms with Crippen LogP contribution in [0.2, 0.25) is 0 Å². The zero-order valence-corrected chi connectivity index (χ0v) is 10.0. The summed E-state index contributed by atoms with van der Waals surface area (Å²) >= 11 is 1.70. The number of rotatable bonds is 4. The molecule has 2 rings (SSSR count). The summed E-state index contributed by atoms with van der Waals surface area (Å²) in [6, 6.07) is 0.555. The summed E-state index contributed by atoms with van der Waals surface area (Å²) in [7, 11) is 2.00. The van der Waals surface area contributed by atoms with Crippen LogP contribution in [0.15, 0.2) is 17.6 Å². The molecule has 0 radical (unpaired) electrons. The minimum Gasteiger partial charge on any atom is -0.316 e. The van der Waals surface area contributed by atoms with Crippen molar-refractivity contribution in [2.24, 2.45) is 0 Å². The Morgan fingerprint density at radius 1 is 1.44 bits per heavy atom. The molecule has 2 unspecified atom stereocenters. The Kier molecular flexibility index (Phi) is 3.90. The Labute approximate surface area is 99.3 Å². The molecule has 1 aromatic rings. The van der Waals surface area contributed by atoms with E-state index in [4.69, 9.17) is 0 Å². The first kappa shape index (κ1) is 11.5. The molecule has 1 fully saturated rings. The monoisotopic (exact) mass is 237 g/mol. The molecule has 0 bridgehead atoms. The summed E-state index contributed by atoms with van der Waals surface area (Å²) in [4.78, 5) is 18.8. The zero-order valence-electron chi connectivity index (χ0n) is 9.22.